The molecule has 0 atom stereocenters. The second kappa shape index (κ2) is 9.42. The average Bonchev–Trinajstić information content (AvgIpc) is 2.97. The number of hydrogen-bond donors (Lipinski definition) is 1. The van der Waals surface area contributed by atoms with Crippen molar-refractivity contribution >= 4 is 72.4 Å². The summed E-state index contributed by atoms with van der Waals surface area (Å²) in [6.45, 7) is 0.217. The average molecular weight is 564 g/mol. The molecule has 2 amide bonds. The van der Waals surface area contributed by atoms with Gasteiger partial charge in [-0.15, -0.1) is 0 Å². The van der Waals surface area contributed by atoms with E-state index >= 15 is 0 Å². The van der Waals surface area contributed by atoms with E-state index in [4.69, 9.17) is 21.1 Å². The number of phenolic OH excluding ortho intramolecular Hbond substituents is 1. The molecule has 1 N–H and O–H groups in total. The Balaban J connectivity index is 1.75. The van der Waals surface area contributed by atoms with E-state index in [1.807, 2.05) is 0 Å². The van der Waals surface area contributed by atoms with Crippen molar-refractivity contribution in [2.75, 3.05) is 20.3 Å². The number of hydrogen-bond acceptors (Lipinski definition) is 6. The molecule has 0 saturated carbocycles. The minimum atomic E-state index is -0.419. The molecule has 1 saturated heterocycles. The van der Waals surface area contributed by atoms with Gasteiger partial charge in [-0.05, 0) is 73.5 Å². The van der Waals surface area contributed by atoms with Gasteiger partial charge in [0.15, 0.2) is 11.5 Å². The number of carbonyl (C=O) groups excluding carboxylic acids is 2. The van der Waals surface area contributed by atoms with Crippen molar-refractivity contribution in [3.8, 4) is 17.2 Å². The SMILES string of the molecule is COc1cc(/C=C2\SC(=O)N(CCOc3ccccc3Cl)C2=O)c(Br)c(Br)c1O. The highest BCUT2D eigenvalue weighted by atomic mass is 79.9. The smallest absolute Gasteiger partial charge is 0.293 e. The zero-order chi connectivity index (χ0) is 21.1. The van der Waals surface area contributed by atoms with Gasteiger partial charge < -0.3 is 14.6 Å². The van der Waals surface area contributed by atoms with Crippen LogP contribution in [0.2, 0.25) is 5.02 Å². The van der Waals surface area contributed by atoms with Gasteiger partial charge in [-0.1, -0.05) is 23.7 Å². The number of methoxy groups -OCH3 is 1. The number of rotatable bonds is 6. The van der Waals surface area contributed by atoms with E-state index in [0.717, 1.165) is 16.7 Å². The Hall–Kier alpha value is -1.68. The summed E-state index contributed by atoms with van der Waals surface area (Å²) < 4.78 is 11.6. The van der Waals surface area contributed by atoms with Crippen molar-refractivity contribution in [2.45, 2.75) is 0 Å². The minimum Gasteiger partial charge on any atom is -0.503 e. The van der Waals surface area contributed by atoms with E-state index in [9.17, 15) is 14.7 Å². The summed E-state index contributed by atoms with van der Waals surface area (Å²) in [6.07, 6.45) is 1.57. The van der Waals surface area contributed by atoms with Crippen LogP contribution in [0.15, 0.2) is 44.2 Å². The number of aromatic hydroxyl groups is 1. The Labute approximate surface area is 193 Å². The first-order chi connectivity index (χ1) is 13.8. The van der Waals surface area contributed by atoms with Gasteiger partial charge >= 0.3 is 0 Å². The highest BCUT2D eigenvalue weighted by Gasteiger charge is 2.35. The molecule has 3 rings (SSSR count). The van der Waals surface area contributed by atoms with Crippen LogP contribution >= 0.6 is 55.2 Å². The largest absolute Gasteiger partial charge is 0.503 e. The molecular weight excluding hydrogens is 550 g/mol. The highest BCUT2D eigenvalue weighted by molar-refractivity contribution is 9.13. The third-order valence-electron chi connectivity index (χ3n) is 3.96. The third-order valence-corrected chi connectivity index (χ3v) is 7.34. The van der Waals surface area contributed by atoms with Gasteiger partial charge in [-0.25, -0.2) is 0 Å². The summed E-state index contributed by atoms with van der Waals surface area (Å²) in [5.41, 5.74) is 0.573. The number of benzene rings is 2. The molecule has 29 heavy (non-hydrogen) atoms. The van der Waals surface area contributed by atoms with Crippen molar-refractivity contribution in [1.29, 1.82) is 0 Å². The van der Waals surface area contributed by atoms with Crippen LogP contribution in [0.4, 0.5) is 4.79 Å². The number of amides is 2. The predicted molar refractivity (Wildman–Crippen MR) is 120 cm³/mol. The maximum absolute atomic E-state index is 12.7. The zero-order valence-electron chi connectivity index (χ0n) is 14.9. The molecule has 0 unspecified atom stereocenters. The monoisotopic (exact) mass is 561 g/mol. The van der Waals surface area contributed by atoms with E-state index in [1.165, 1.54) is 7.11 Å². The molecule has 10 heteroatoms. The molecule has 1 heterocycles. The van der Waals surface area contributed by atoms with Crippen LogP contribution in [0.5, 0.6) is 17.2 Å². The van der Waals surface area contributed by atoms with Gasteiger partial charge in [0, 0.05) is 4.47 Å². The van der Waals surface area contributed by atoms with Crippen LogP contribution in [0.1, 0.15) is 5.56 Å². The summed E-state index contributed by atoms with van der Waals surface area (Å²) in [7, 11) is 1.42. The van der Waals surface area contributed by atoms with E-state index in [-0.39, 0.29) is 34.8 Å². The fraction of sp³-hybridized carbons (Fsp3) is 0.158. The van der Waals surface area contributed by atoms with Crippen LogP contribution in [-0.2, 0) is 4.79 Å². The van der Waals surface area contributed by atoms with Crippen molar-refractivity contribution in [3.05, 3.63) is 54.8 Å². The molecular formula is C19H14Br2ClNO5S. The molecule has 0 radical (unpaired) electrons. The van der Waals surface area contributed by atoms with Crippen LogP contribution in [0, 0.1) is 0 Å². The quantitative estimate of drug-likeness (QED) is 0.455. The minimum absolute atomic E-state index is 0.0682. The molecule has 2 aromatic rings. The van der Waals surface area contributed by atoms with E-state index in [2.05, 4.69) is 31.9 Å². The topological polar surface area (TPSA) is 76.1 Å². The molecule has 0 spiro atoms. The standard InChI is InChI=1S/C19H14Br2ClNO5S/c1-27-13-8-10(15(20)16(21)17(13)24)9-14-18(25)23(19(26)29-14)6-7-28-12-5-3-2-4-11(12)22/h2-5,8-9,24H,6-7H2,1H3/b14-9-. The molecule has 1 fully saturated rings. The Morgan fingerprint density at radius 3 is 2.62 bits per heavy atom. The first-order valence-electron chi connectivity index (χ1n) is 8.21. The maximum atomic E-state index is 12.7. The number of imide groups is 1. The Kier molecular flexibility index (Phi) is 7.15. The van der Waals surface area contributed by atoms with Gasteiger partial charge in [-0.3, -0.25) is 14.5 Å². The van der Waals surface area contributed by atoms with Gasteiger partial charge in [-0.2, -0.15) is 0 Å². The van der Waals surface area contributed by atoms with Crippen molar-refractivity contribution < 1.29 is 24.2 Å². The Bertz CT molecular complexity index is 1010. The van der Waals surface area contributed by atoms with Crippen LogP contribution in [-0.4, -0.2) is 41.4 Å². The lowest BCUT2D eigenvalue weighted by Gasteiger charge is -2.14. The molecule has 152 valence electrons. The number of nitrogens with zero attached hydrogens (tertiary/aromatic N) is 1. The van der Waals surface area contributed by atoms with Crippen LogP contribution < -0.4 is 9.47 Å². The molecule has 0 aromatic heterocycles. The van der Waals surface area contributed by atoms with E-state index < -0.39 is 5.91 Å². The second-order valence-electron chi connectivity index (χ2n) is 5.76. The van der Waals surface area contributed by atoms with Crippen molar-refractivity contribution in [1.82, 2.24) is 4.90 Å². The van der Waals surface area contributed by atoms with Gasteiger partial charge in [0.25, 0.3) is 11.1 Å². The van der Waals surface area contributed by atoms with E-state index in [1.54, 1.807) is 36.4 Å². The molecule has 1 aliphatic rings. The van der Waals surface area contributed by atoms with Crippen LogP contribution in [0.25, 0.3) is 6.08 Å². The number of carbonyl (C=O) groups is 2. The fourth-order valence-electron chi connectivity index (χ4n) is 2.52. The van der Waals surface area contributed by atoms with Gasteiger partial charge in [0.2, 0.25) is 0 Å². The number of para-hydroxylation sites is 1. The third kappa shape index (κ3) is 4.74. The van der Waals surface area contributed by atoms with Gasteiger partial charge in [0.05, 0.1) is 28.1 Å². The molecule has 1 aliphatic heterocycles. The summed E-state index contributed by atoms with van der Waals surface area (Å²) >= 11 is 13.5. The zero-order valence-corrected chi connectivity index (χ0v) is 19.7. The normalized spacial score (nSPS) is 15.3. The van der Waals surface area contributed by atoms with Crippen molar-refractivity contribution in [2.24, 2.45) is 0 Å². The molecule has 6 nitrogen and oxygen atoms in total. The number of ether oxygens (including phenoxy) is 2. The lowest BCUT2D eigenvalue weighted by atomic mass is 10.2. The fourth-order valence-corrected chi connectivity index (χ4v) is 4.40. The molecule has 0 bridgehead atoms. The summed E-state index contributed by atoms with van der Waals surface area (Å²) in [4.78, 5) is 26.3. The number of phenols is 1. The summed E-state index contributed by atoms with van der Waals surface area (Å²) in [6, 6.07) is 8.54. The van der Waals surface area contributed by atoms with E-state index in [0.29, 0.717) is 25.3 Å². The van der Waals surface area contributed by atoms with Gasteiger partial charge in [0.1, 0.15) is 12.4 Å². The highest BCUT2D eigenvalue weighted by Crippen LogP contribution is 2.43. The first kappa shape index (κ1) is 22.0. The van der Waals surface area contributed by atoms with Crippen molar-refractivity contribution in [3.63, 3.8) is 0 Å². The second-order valence-corrected chi connectivity index (χ2v) is 8.74. The molecule has 0 aliphatic carbocycles. The summed E-state index contributed by atoms with van der Waals surface area (Å²) in [5.74, 6) is 0.236. The number of halogens is 3. The Morgan fingerprint density at radius 2 is 1.93 bits per heavy atom. The Morgan fingerprint density at radius 1 is 1.21 bits per heavy atom. The predicted octanol–water partition coefficient (Wildman–Crippen LogP) is 5.69. The maximum Gasteiger partial charge on any atom is 0.293 e. The number of thioether (sulfide) groups is 1. The molecule has 2 aromatic carbocycles. The van der Waals surface area contributed by atoms with Crippen LogP contribution in [0.3, 0.4) is 0 Å². The first-order valence-corrected chi connectivity index (χ1v) is 11.0. The lowest BCUT2D eigenvalue weighted by molar-refractivity contribution is -0.123. The summed E-state index contributed by atoms with van der Waals surface area (Å²) in [5, 5.41) is 10.1. The lowest BCUT2D eigenvalue weighted by Crippen LogP contribution is -2.32.